The number of pyridine rings is 1. The highest BCUT2D eigenvalue weighted by molar-refractivity contribution is 7.09. The van der Waals surface area contributed by atoms with Crippen LogP contribution < -0.4 is 0 Å². The first kappa shape index (κ1) is 12.3. The number of nitriles is 1. The first-order chi connectivity index (χ1) is 8.70. The van der Waals surface area contributed by atoms with Gasteiger partial charge in [-0.1, -0.05) is 6.07 Å². The number of hydrogen-bond acceptors (Lipinski definition) is 4. The summed E-state index contributed by atoms with van der Waals surface area (Å²) in [5.41, 5.74) is 0.806. The minimum atomic E-state index is -0.145. The van der Waals surface area contributed by atoms with Crippen LogP contribution in [0.1, 0.15) is 20.9 Å². The van der Waals surface area contributed by atoms with E-state index in [1.165, 1.54) is 6.20 Å². The van der Waals surface area contributed by atoms with Crippen LogP contribution in [0.15, 0.2) is 35.8 Å². The first-order valence-corrected chi connectivity index (χ1v) is 6.22. The molecule has 2 rings (SSSR count). The number of thiophene rings is 1. The Kier molecular flexibility index (Phi) is 3.70. The molecule has 0 bridgehead atoms. The SMILES string of the molecule is CN(Cc1cccs1)C(=O)c1ccc(C#N)cn1. The summed E-state index contributed by atoms with van der Waals surface area (Å²) >= 11 is 1.61. The second-order valence-electron chi connectivity index (χ2n) is 3.78. The van der Waals surface area contributed by atoms with E-state index < -0.39 is 0 Å². The normalized spacial score (nSPS) is 9.78. The lowest BCUT2D eigenvalue weighted by atomic mass is 10.2. The Labute approximate surface area is 109 Å². The molecule has 0 saturated heterocycles. The quantitative estimate of drug-likeness (QED) is 0.847. The lowest BCUT2D eigenvalue weighted by Crippen LogP contribution is -2.26. The van der Waals surface area contributed by atoms with E-state index in [1.807, 2.05) is 23.6 Å². The Morgan fingerprint density at radius 1 is 1.50 bits per heavy atom. The molecule has 0 aliphatic heterocycles. The van der Waals surface area contributed by atoms with Crippen molar-refractivity contribution >= 4 is 17.2 Å². The number of hydrogen-bond donors (Lipinski definition) is 0. The smallest absolute Gasteiger partial charge is 0.272 e. The fourth-order valence-corrected chi connectivity index (χ4v) is 2.25. The molecule has 90 valence electrons. The van der Waals surface area contributed by atoms with Gasteiger partial charge in [-0.15, -0.1) is 11.3 Å². The van der Waals surface area contributed by atoms with Gasteiger partial charge in [0.25, 0.3) is 5.91 Å². The molecule has 0 N–H and O–H groups in total. The molecule has 0 saturated carbocycles. The lowest BCUT2D eigenvalue weighted by molar-refractivity contribution is 0.0780. The van der Waals surface area contributed by atoms with Crippen LogP contribution in [-0.4, -0.2) is 22.8 Å². The molecule has 5 heteroatoms. The maximum atomic E-state index is 12.1. The van der Waals surface area contributed by atoms with Crippen molar-refractivity contribution in [2.24, 2.45) is 0 Å². The first-order valence-electron chi connectivity index (χ1n) is 5.34. The van der Waals surface area contributed by atoms with Gasteiger partial charge in [0, 0.05) is 18.1 Å². The summed E-state index contributed by atoms with van der Waals surface area (Å²) in [6.07, 6.45) is 1.41. The number of nitrogens with zero attached hydrogens (tertiary/aromatic N) is 3. The van der Waals surface area contributed by atoms with Crippen molar-refractivity contribution in [1.82, 2.24) is 9.88 Å². The van der Waals surface area contributed by atoms with Crippen LogP contribution in [0.2, 0.25) is 0 Å². The molecule has 0 atom stereocenters. The molecular weight excluding hydrogens is 246 g/mol. The average Bonchev–Trinajstić information content (AvgIpc) is 2.91. The predicted octanol–water partition coefficient (Wildman–Crippen LogP) is 2.29. The van der Waals surface area contributed by atoms with Gasteiger partial charge in [-0.2, -0.15) is 5.26 Å². The van der Waals surface area contributed by atoms with E-state index in [-0.39, 0.29) is 5.91 Å². The molecule has 0 aromatic carbocycles. The molecule has 18 heavy (non-hydrogen) atoms. The third kappa shape index (κ3) is 2.73. The number of aromatic nitrogens is 1. The van der Waals surface area contributed by atoms with Crippen LogP contribution in [0.4, 0.5) is 0 Å². The summed E-state index contributed by atoms with van der Waals surface area (Å²) in [5.74, 6) is -0.145. The predicted molar refractivity (Wildman–Crippen MR) is 69.1 cm³/mol. The van der Waals surface area contributed by atoms with E-state index in [9.17, 15) is 4.79 Å². The Morgan fingerprint density at radius 2 is 2.33 bits per heavy atom. The van der Waals surface area contributed by atoms with E-state index in [0.717, 1.165) is 4.88 Å². The number of amides is 1. The largest absolute Gasteiger partial charge is 0.335 e. The van der Waals surface area contributed by atoms with Gasteiger partial charge < -0.3 is 4.90 Å². The summed E-state index contributed by atoms with van der Waals surface area (Å²) in [4.78, 5) is 18.8. The highest BCUT2D eigenvalue weighted by atomic mass is 32.1. The zero-order valence-electron chi connectivity index (χ0n) is 9.83. The third-order valence-corrected chi connectivity index (χ3v) is 3.29. The van der Waals surface area contributed by atoms with Crippen molar-refractivity contribution in [3.05, 3.63) is 52.0 Å². The van der Waals surface area contributed by atoms with Gasteiger partial charge >= 0.3 is 0 Å². The molecule has 2 aromatic rings. The molecule has 4 nitrogen and oxygen atoms in total. The van der Waals surface area contributed by atoms with Crippen LogP contribution >= 0.6 is 11.3 Å². The monoisotopic (exact) mass is 257 g/mol. The molecule has 0 aliphatic rings. The van der Waals surface area contributed by atoms with Crippen LogP contribution in [0.25, 0.3) is 0 Å². The minimum Gasteiger partial charge on any atom is -0.335 e. The summed E-state index contributed by atoms with van der Waals surface area (Å²) in [5, 5.41) is 10.6. The van der Waals surface area contributed by atoms with Gasteiger partial charge in [0.05, 0.1) is 12.1 Å². The van der Waals surface area contributed by atoms with Gasteiger partial charge in [0.1, 0.15) is 11.8 Å². The topological polar surface area (TPSA) is 57.0 Å². The molecule has 1 amide bonds. The highest BCUT2D eigenvalue weighted by Gasteiger charge is 2.13. The van der Waals surface area contributed by atoms with Crippen LogP contribution in [-0.2, 0) is 6.54 Å². The zero-order chi connectivity index (χ0) is 13.0. The second-order valence-corrected chi connectivity index (χ2v) is 4.82. The standard InChI is InChI=1S/C13H11N3OS/c1-16(9-11-3-2-6-18-11)13(17)12-5-4-10(7-14)8-15-12/h2-6,8H,9H2,1H3. The Balaban J connectivity index is 2.08. The third-order valence-electron chi connectivity index (χ3n) is 2.43. The van der Waals surface area contributed by atoms with Gasteiger partial charge in [-0.25, -0.2) is 4.98 Å². The summed E-state index contributed by atoms with van der Waals surface area (Å²) < 4.78 is 0. The minimum absolute atomic E-state index is 0.145. The molecule has 0 radical (unpaired) electrons. The van der Waals surface area contributed by atoms with Crippen molar-refractivity contribution in [1.29, 1.82) is 5.26 Å². The maximum absolute atomic E-state index is 12.1. The van der Waals surface area contributed by atoms with Crippen LogP contribution in [0.3, 0.4) is 0 Å². The van der Waals surface area contributed by atoms with E-state index in [0.29, 0.717) is 17.8 Å². The number of rotatable bonds is 3. The van der Waals surface area contributed by atoms with Crippen molar-refractivity contribution < 1.29 is 4.79 Å². The van der Waals surface area contributed by atoms with Gasteiger partial charge in [-0.3, -0.25) is 4.79 Å². The van der Waals surface area contributed by atoms with Crippen molar-refractivity contribution in [3.63, 3.8) is 0 Å². The van der Waals surface area contributed by atoms with E-state index >= 15 is 0 Å². The van der Waals surface area contributed by atoms with Crippen molar-refractivity contribution in [2.75, 3.05) is 7.05 Å². The maximum Gasteiger partial charge on any atom is 0.272 e. The second kappa shape index (κ2) is 5.43. The molecule has 2 heterocycles. The zero-order valence-corrected chi connectivity index (χ0v) is 10.6. The summed E-state index contributed by atoms with van der Waals surface area (Å²) in [6, 6.07) is 9.09. The summed E-state index contributed by atoms with van der Waals surface area (Å²) in [6.45, 7) is 0.568. The van der Waals surface area contributed by atoms with E-state index in [4.69, 9.17) is 5.26 Å². The van der Waals surface area contributed by atoms with Crippen molar-refractivity contribution in [3.8, 4) is 6.07 Å². The molecule has 0 fully saturated rings. The average molecular weight is 257 g/mol. The Bertz CT molecular complexity index is 569. The van der Waals surface area contributed by atoms with Gasteiger partial charge in [0.15, 0.2) is 0 Å². The number of carbonyl (C=O) groups is 1. The van der Waals surface area contributed by atoms with E-state index in [2.05, 4.69) is 4.98 Å². The fourth-order valence-electron chi connectivity index (χ4n) is 1.49. The molecule has 0 spiro atoms. The van der Waals surface area contributed by atoms with Crippen LogP contribution in [0, 0.1) is 11.3 Å². The summed E-state index contributed by atoms with van der Waals surface area (Å²) in [7, 11) is 1.74. The van der Waals surface area contributed by atoms with E-state index in [1.54, 1.807) is 35.4 Å². The molecule has 2 aromatic heterocycles. The molecular formula is C13H11N3OS. The highest BCUT2D eigenvalue weighted by Crippen LogP contribution is 2.12. The Morgan fingerprint density at radius 3 is 2.89 bits per heavy atom. The van der Waals surface area contributed by atoms with Gasteiger partial charge in [-0.05, 0) is 23.6 Å². The van der Waals surface area contributed by atoms with Crippen LogP contribution in [0.5, 0.6) is 0 Å². The Hall–Kier alpha value is -2.19. The lowest BCUT2D eigenvalue weighted by Gasteiger charge is -2.15. The number of carbonyl (C=O) groups excluding carboxylic acids is 1. The molecule has 0 unspecified atom stereocenters. The molecule has 0 aliphatic carbocycles. The van der Waals surface area contributed by atoms with Crippen molar-refractivity contribution in [2.45, 2.75) is 6.54 Å². The van der Waals surface area contributed by atoms with Gasteiger partial charge in [0.2, 0.25) is 0 Å². The fraction of sp³-hybridized carbons (Fsp3) is 0.154.